The lowest BCUT2D eigenvalue weighted by molar-refractivity contribution is -0.210. The second kappa shape index (κ2) is 6.89. The van der Waals surface area contributed by atoms with E-state index in [0.717, 1.165) is 5.56 Å². The fourth-order valence-electron chi connectivity index (χ4n) is 4.80. The van der Waals surface area contributed by atoms with Crippen LogP contribution in [0, 0.1) is 0 Å². The smallest absolute Gasteiger partial charge is 0.185 e. The second-order valence-corrected chi connectivity index (χ2v) is 10.5. The molecular formula is C22H25NO5S. The molecular weight excluding hydrogens is 390 g/mol. The van der Waals surface area contributed by atoms with Crippen LogP contribution >= 0.6 is 0 Å². The van der Waals surface area contributed by atoms with Crippen LogP contribution in [0.25, 0.3) is 0 Å². The van der Waals surface area contributed by atoms with Crippen LogP contribution in [-0.4, -0.2) is 55.4 Å². The maximum absolute atomic E-state index is 13.5. The predicted octanol–water partition coefficient (Wildman–Crippen LogP) is 2.59. The molecule has 7 heteroatoms. The summed E-state index contributed by atoms with van der Waals surface area (Å²) in [5.74, 6) is -0.758. The normalized spacial score (nSPS) is 33.5. The van der Waals surface area contributed by atoms with Gasteiger partial charge in [0.05, 0.1) is 17.5 Å². The minimum absolute atomic E-state index is 0.137. The number of fused-ring (bicyclic) bond motifs is 5. The van der Waals surface area contributed by atoms with Gasteiger partial charge in [-0.15, -0.1) is 0 Å². The molecule has 0 saturated carbocycles. The third kappa shape index (κ3) is 3.21. The van der Waals surface area contributed by atoms with Crippen LogP contribution in [0.5, 0.6) is 0 Å². The van der Waals surface area contributed by atoms with Crippen molar-refractivity contribution >= 4 is 9.84 Å². The molecule has 3 heterocycles. The molecule has 3 aliphatic rings. The molecule has 5 rings (SSSR count). The van der Waals surface area contributed by atoms with E-state index < -0.39 is 20.9 Å². The third-order valence-corrected chi connectivity index (χ3v) is 8.12. The number of nitrogens with zero attached hydrogens (tertiary/aromatic N) is 1. The zero-order valence-corrected chi connectivity index (χ0v) is 17.3. The van der Waals surface area contributed by atoms with Crippen molar-refractivity contribution in [3.05, 3.63) is 66.2 Å². The zero-order chi connectivity index (χ0) is 20.2. The third-order valence-electron chi connectivity index (χ3n) is 5.98. The molecule has 3 fully saturated rings. The SMILES string of the molecule is CC1(C)O[C@@H]2[C@H](O1)[C@H]1OC[C@@H](S(=O)(=O)c3ccccc3)[C@@H]2N1Cc1ccccc1. The highest BCUT2D eigenvalue weighted by Crippen LogP contribution is 2.46. The molecule has 0 aromatic heterocycles. The summed E-state index contributed by atoms with van der Waals surface area (Å²) in [6, 6.07) is 18.3. The number of ether oxygens (including phenoxy) is 3. The van der Waals surface area contributed by atoms with E-state index in [1.165, 1.54) is 0 Å². The van der Waals surface area contributed by atoms with Gasteiger partial charge in [-0.2, -0.15) is 0 Å². The van der Waals surface area contributed by atoms with Crippen molar-refractivity contribution in [1.82, 2.24) is 4.90 Å². The van der Waals surface area contributed by atoms with Gasteiger partial charge in [-0.1, -0.05) is 48.5 Å². The van der Waals surface area contributed by atoms with Gasteiger partial charge < -0.3 is 14.2 Å². The molecule has 0 unspecified atom stereocenters. The van der Waals surface area contributed by atoms with Crippen LogP contribution in [0.3, 0.4) is 0 Å². The van der Waals surface area contributed by atoms with Crippen molar-refractivity contribution in [2.75, 3.05) is 6.61 Å². The maximum atomic E-state index is 13.5. The van der Waals surface area contributed by atoms with Crippen molar-refractivity contribution in [1.29, 1.82) is 0 Å². The largest absolute Gasteiger partial charge is 0.359 e. The average Bonchev–Trinajstić information content (AvgIpc) is 3.10. The lowest BCUT2D eigenvalue weighted by Crippen LogP contribution is -2.57. The Morgan fingerprint density at radius 1 is 0.966 bits per heavy atom. The highest BCUT2D eigenvalue weighted by atomic mass is 32.2. The van der Waals surface area contributed by atoms with Crippen LogP contribution in [0.15, 0.2) is 65.6 Å². The summed E-state index contributed by atoms with van der Waals surface area (Å²) < 4.78 is 45.5. The number of sulfone groups is 1. The van der Waals surface area contributed by atoms with E-state index in [0.29, 0.717) is 11.4 Å². The van der Waals surface area contributed by atoms with E-state index in [2.05, 4.69) is 4.90 Å². The van der Waals surface area contributed by atoms with E-state index in [1.807, 2.05) is 50.2 Å². The van der Waals surface area contributed by atoms with Crippen molar-refractivity contribution in [3.8, 4) is 0 Å². The van der Waals surface area contributed by atoms with Crippen LogP contribution in [0.1, 0.15) is 19.4 Å². The zero-order valence-electron chi connectivity index (χ0n) is 16.5. The van der Waals surface area contributed by atoms with Gasteiger partial charge >= 0.3 is 0 Å². The Hall–Kier alpha value is -1.77. The van der Waals surface area contributed by atoms with Crippen molar-refractivity contribution in [2.45, 2.75) is 60.8 Å². The molecule has 3 saturated heterocycles. The minimum Gasteiger partial charge on any atom is -0.359 e. The molecule has 3 aliphatic heterocycles. The Labute approximate surface area is 171 Å². The fourth-order valence-corrected chi connectivity index (χ4v) is 6.63. The molecule has 154 valence electrons. The monoisotopic (exact) mass is 415 g/mol. The fraction of sp³-hybridized carbons (Fsp3) is 0.455. The predicted molar refractivity (Wildman–Crippen MR) is 107 cm³/mol. The first-order valence-electron chi connectivity index (χ1n) is 9.93. The van der Waals surface area contributed by atoms with E-state index in [-0.39, 0.29) is 31.1 Å². The summed E-state index contributed by atoms with van der Waals surface area (Å²) in [7, 11) is -3.60. The molecule has 0 amide bonds. The molecule has 2 aromatic rings. The van der Waals surface area contributed by atoms with Crippen molar-refractivity contribution in [2.24, 2.45) is 0 Å². The van der Waals surface area contributed by atoms with Gasteiger partial charge in [-0.3, -0.25) is 4.90 Å². The van der Waals surface area contributed by atoms with Gasteiger partial charge in [-0.25, -0.2) is 8.42 Å². The Bertz CT molecular complexity index is 979. The molecule has 29 heavy (non-hydrogen) atoms. The summed E-state index contributed by atoms with van der Waals surface area (Å²) in [4.78, 5) is 2.42. The Balaban J connectivity index is 1.54. The molecule has 6 nitrogen and oxygen atoms in total. The van der Waals surface area contributed by atoms with Gasteiger partial charge in [0.1, 0.15) is 23.7 Å². The quantitative estimate of drug-likeness (QED) is 0.765. The first-order valence-corrected chi connectivity index (χ1v) is 11.5. The van der Waals surface area contributed by atoms with Crippen LogP contribution < -0.4 is 0 Å². The molecule has 5 atom stereocenters. The first kappa shape index (κ1) is 19.2. The summed E-state index contributed by atoms with van der Waals surface area (Å²) in [6.07, 6.45) is -0.992. The highest BCUT2D eigenvalue weighted by Gasteiger charge is 2.64. The molecule has 2 aromatic carbocycles. The van der Waals surface area contributed by atoms with Crippen molar-refractivity contribution in [3.63, 3.8) is 0 Å². The van der Waals surface area contributed by atoms with E-state index in [9.17, 15) is 8.42 Å². The molecule has 0 spiro atoms. The lowest BCUT2D eigenvalue weighted by Gasteiger charge is -2.41. The summed E-state index contributed by atoms with van der Waals surface area (Å²) in [5, 5.41) is -0.725. The Kier molecular flexibility index (Phi) is 4.56. The first-order chi connectivity index (χ1) is 13.9. The van der Waals surface area contributed by atoms with Gasteiger partial charge in [0, 0.05) is 6.54 Å². The van der Waals surface area contributed by atoms with Gasteiger partial charge in [0.25, 0.3) is 0 Å². The van der Waals surface area contributed by atoms with Crippen LogP contribution in [0.4, 0.5) is 0 Å². The van der Waals surface area contributed by atoms with Gasteiger partial charge in [0.2, 0.25) is 0 Å². The van der Waals surface area contributed by atoms with Crippen LogP contribution in [-0.2, 0) is 30.6 Å². The minimum atomic E-state index is -3.60. The summed E-state index contributed by atoms with van der Waals surface area (Å²) in [5.41, 5.74) is 1.10. The van der Waals surface area contributed by atoms with Crippen molar-refractivity contribution < 1.29 is 22.6 Å². The number of hydrogen-bond donors (Lipinski definition) is 0. The molecule has 0 radical (unpaired) electrons. The Morgan fingerprint density at radius 2 is 1.59 bits per heavy atom. The summed E-state index contributed by atoms with van der Waals surface area (Å²) >= 11 is 0. The maximum Gasteiger partial charge on any atom is 0.185 e. The standard InChI is InChI=1S/C22H25NO5S/c1-22(2)27-19-18-17(29(24,25)16-11-7-4-8-12-16)14-26-21(20(19)28-22)23(18)13-15-9-5-3-6-10-15/h3-12,17-21H,13-14H2,1-2H3/t17-,18+,19+,20+,21-/m1/s1. The van der Waals surface area contributed by atoms with E-state index in [1.54, 1.807) is 24.3 Å². The van der Waals surface area contributed by atoms with Gasteiger partial charge in [-0.05, 0) is 31.5 Å². The van der Waals surface area contributed by atoms with Gasteiger partial charge in [0.15, 0.2) is 15.6 Å². The molecule has 0 N–H and O–H groups in total. The van der Waals surface area contributed by atoms with Crippen LogP contribution in [0.2, 0.25) is 0 Å². The van der Waals surface area contributed by atoms with E-state index in [4.69, 9.17) is 14.2 Å². The topological polar surface area (TPSA) is 65.1 Å². The number of benzene rings is 2. The lowest BCUT2D eigenvalue weighted by atomic mass is 10.1. The number of rotatable bonds is 4. The summed E-state index contributed by atoms with van der Waals surface area (Å²) in [6.45, 7) is 4.45. The number of hydrogen-bond acceptors (Lipinski definition) is 6. The molecule has 2 bridgehead atoms. The Morgan fingerprint density at radius 3 is 2.28 bits per heavy atom. The second-order valence-electron chi connectivity index (χ2n) is 8.33. The average molecular weight is 416 g/mol. The van der Waals surface area contributed by atoms with E-state index >= 15 is 0 Å². The highest BCUT2D eigenvalue weighted by molar-refractivity contribution is 7.92. The molecule has 0 aliphatic carbocycles.